The number of hydrogen-bond donors (Lipinski definition) is 2. The Labute approximate surface area is 119 Å². The molecule has 0 aliphatic carbocycles. The molecule has 1 aromatic rings. The van der Waals surface area contributed by atoms with Gasteiger partial charge in [-0.1, -0.05) is 18.5 Å². The summed E-state index contributed by atoms with van der Waals surface area (Å²) in [5, 5.41) is 6.63. The highest BCUT2D eigenvalue weighted by molar-refractivity contribution is 6.31. The Morgan fingerprint density at radius 2 is 2.21 bits per heavy atom. The van der Waals surface area contributed by atoms with Crippen molar-refractivity contribution in [2.24, 2.45) is 0 Å². The number of rotatable bonds is 9. The number of halogens is 1. The molecule has 0 aromatic carbocycles. The summed E-state index contributed by atoms with van der Waals surface area (Å²) in [5.74, 6) is -0.0890. The quantitative estimate of drug-likeness (QED) is 0.677. The number of nitrogens with one attached hydrogen (secondary N) is 2. The van der Waals surface area contributed by atoms with Gasteiger partial charge in [0.15, 0.2) is 0 Å². The average Bonchev–Trinajstić information content (AvgIpc) is 2.75. The third-order valence-electron chi connectivity index (χ3n) is 2.63. The van der Waals surface area contributed by atoms with Gasteiger partial charge in [-0.2, -0.15) is 0 Å². The van der Waals surface area contributed by atoms with Gasteiger partial charge in [0.1, 0.15) is 5.69 Å². The van der Waals surface area contributed by atoms with Gasteiger partial charge in [0, 0.05) is 39.5 Å². The molecule has 0 radical (unpaired) electrons. The number of methoxy groups -OCH3 is 1. The number of carbonyl (C=O) groups is 1. The fraction of sp³-hybridized carbons (Fsp3) is 0.615. The van der Waals surface area contributed by atoms with Crippen molar-refractivity contribution in [3.05, 3.63) is 23.0 Å². The molecule has 1 amide bonds. The number of nitrogens with zero attached hydrogens (tertiary/aromatic N) is 1. The molecule has 0 saturated carbocycles. The zero-order chi connectivity index (χ0) is 14.1. The van der Waals surface area contributed by atoms with Gasteiger partial charge in [0.05, 0.1) is 11.6 Å². The van der Waals surface area contributed by atoms with Gasteiger partial charge in [-0.15, -0.1) is 0 Å². The Balaban J connectivity index is 2.36. The second-order valence-corrected chi connectivity index (χ2v) is 4.67. The molecule has 0 bridgehead atoms. The zero-order valence-corrected chi connectivity index (χ0v) is 12.3. The predicted octanol–water partition coefficient (Wildman–Crippen LogP) is 1.52. The van der Waals surface area contributed by atoms with Gasteiger partial charge < -0.3 is 19.9 Å². The molecule has 0 aliphatic rings. The highest BCUT2D eigenvalue weighted by atomic mass is 35.5. The van der Waals surface area contributed by atoms with E-state index in [0.29, 0.717) is 23.9 Å². The monoisotopic (exact) mass is 287 g/mol. The van der Waals surface area contributed by atoms with Crippen LogP contribution in [0.5, 0.6) is 0 Å². The molecule has 0 fully saturated rings. The zero-order valence-electron chi connectivity index (χ0n) is 11.5. The Hall–Kier alpha value is -1.04. The molecule has 19 heavy (non-hydrogen) atoms. The van der Waals surface area contributed by atoms with Crippen LogP contribution in [0.3, 0.4) is 0 Å². The molecule has 0 saturated heterocycles. The van der Waals surface area contributed by atoms with Crippen LogP contribution in [-0.2, 0) is 11.3 Å². The van der Waals surface area contributed by atoms with Crippen LogP contribution >= 0.6 is 11.6 Å². The summed E-state index contributed by atoms with van der Waals surface area (Å²) in [6.45, 7) is 5.61. The molecule has 0 aliphatic heterocycles. The topological polar surface area (TPSA) is 55.3 Å². The highest BCUT2D eigenvalue weighted by Gasteiger charge is 2.11. The first-order chi connectivity index (χ1) is 9.19. The average molecular weight is 288 g/mol. The lowest BCUT2D eigenvalue weighted by Crippen LogP contribution is -2.34. The summed E-state index contributed by atoms with van der Waals surface area (Å²) in [4.78, 5) is 12.0. The van der Waals surface area contributed by atoms with E-state index in [1.54, 1.807) is 19.4 Å². The van der Waals surface area contributed by atoms with Crippen molar-refractivity contribution in [3.8, 4) is 0 Å². The Bertz CT molecular complexity index is 393. The van der Waals surface area contributed by atoms with Crippen LogP contribution in [0.4, 0.5) is 0 Å². The predicted molar refractivity (Wildman–Crippen MR) is 76.8 cm³/mol. The number of ether oxygens (including phenoxy) is 1. The minimum absolute atomic E-state index is 0.0890. The maximum Gasteiger partial charge on any atom is 0.268 e. The van der Waals surface area contributed by atoms with E-state index in [1.807, 2.05) is 4.57 Å². The Morgan fingerprint density at radius 1 is 1.42 bits per heavy atom. The third-order valence-corrected chi connectivity index (χ3v) is 2.84. The number of hydrogen-bond acceptors (Lipinski definition) is 3. The lowest BCUT2D eigenvalue weighted by molar-refractivity contribution is 0.0944. The van der Waals surface area contributed by atoms with Crippen LogP contribution < -0.4 is 10.6 Å². The molecule has 2 N–H and O–H groups in total. The third kappa shape index (κ3) is 5.63. The van der Waals surface area contributed by atoms with Crippen LogP contribution in [-0.4, -0.2) is 43.8 Å². The van der Waals surface area contributed by atoms with Crippen molar-refractivity contribution < 1.29 is 9.53 Å². The second-order valence-electron chi connectivity index (χ2n) is 4.24. The van der Waals surface area contributed by atoms with E-state index in [4.69, 9.17) is 16.3 Å². The SMILES string of the molecule is CCCn1cc(Cl)cc1C(=O)NCCNCCOC. The van der Waals surface area contributed by atoms with Crippen LogP contribution in [0.25, 0.3) is 0 Å². The molecule has 1 heterocycles. The Morgan fingerprint density at radius 3 is 2.89 bits per heavy atom. The summed E-state index contributed by atoms with van der Waals surface area (Å²) in [6, 6.07) is 1.70. The minimum atomic E-state index is -0.0890. The van der Waals surface area contributed by atoms with Crippen molar-refractivity contribution in [2.75, 3.05) is 33.4 Å². The van der Waals surface area contributed by atoms with Crippen molar-refractivity contribution in [1.82, 2.24) is 15.2 Å². The van der Waals surface area contributed by atoms with Crippen LogP contribution in [0.2, 0.25) is 5.02 Å². The molecule has 1 aromatic heterocycles. The molecule has 1 rings (SSSR count). The molecule has 0 unspecified atom stereocenters. The van der Waals surface area contributed by atoms with E-state index < -0.39 is 0 Å². The molecule has 0 atom stereocenters. The maximum atomic E-state index is 12.0. The highest BCUT2D eigenvalue weighted by Crippen LogP contribution is 2.14. The summed E-state index contributed by atoms with van der Waals surface area (Å²) >= 11 is 5.94. The maximum absolute atomic E-state index is 12.0. The number of aryl methyl sites for hydroxylation is 1. The van der Waals surface area contributed by atoms with Crippen molar-refractivity contribution in [2.45, 2.75) is 19.9 Å². The first-order valence-electron chi connectivity index (χ1n) is 6.52. The first kappa shape index (κ1) is 16.0. The van der Waals surface area contributed by atoms with E-state index in [1.165, 1.54) is 0 Å². The number of carbonyl (C=O) groups excluding carboxylic acids is 1. The van der Waals surface area contributed by atoms with E-state index in [2.05, 4.69) is 17.6 Å². The van der Waals surface area contributed by atoms with Crippen molar-refractivity contribution in [1.29, 1.82) is 0 Å². The number of aromatic nitrogens is 1. The molecule has 0 spiro atoms. The molecular formula is C13H22ClN3O2. The minimum Gasteiger partial charge on any atom is -0.383 e. The van der Waals surface area contributed by atoms with E-state index in [-0.39, 0.29) is 5.91 Å². The largest absolute Gasteiger partial charge is 0.383 e. The summed E-state index contributed by atoms with van der Waals surface area (Å²) in [6.07, 6.45) is 2.75. The van der Waals surface area contributed by atoms with Crippen LogP contribution in [0.15, 0.2) is 12.3 Å². The summed E-state index contributed by atoms with van der Waals surface area (Å²) < 4.78 is 6.80. The van der Waals surface area contributed by atoms with E-state index in [0.717, 1.165) is 26.1 Å². The van der Waals surface area contributed by atoms with Crippen LogP contribution in [0, 0.1) is 0 Å². The van der Waals surface area contributed by atoms with Crippen LogP contribution in [0.1, 0.15) is 23.8 Å². The summed E-state index contributed by atoms with van der Waals surface area (Å²) in [7, 11) is 1.66. The first-order valence-corrected chi connectivity index (χ1v) is 6.90. The van der Waals surface area contributed by atoms with Crippen molar-refractivity contribution in [3.63, 3.8) is 0 Å². The van der Waals surface area contributed by atoms with E-state index >= 15 is 0 Å². The standard InChI is InChI=1S/C13H22ClN3O2/c1-3-7-17-10-11(14)9-12(17)13(18)16-5-4-15-6-8-19-2/h9-10,15H,3-8H2,1-2H3,(H,16,18). The van der Waals surface area contributed by atoms with Gasteiger partial charge in [-0.05, 0) is 12.5 Å². The smallest absolute Gasteiger partial charge is 0.268 e. The lowest BCUT2D eigenvalue weighted by Gasteiger charge is -2.09. The van der Waals surface area contributed by atoms with Gasteiger partial charge >= 0.3 is 0 Å². The fourth-order valence-corrected chi connectivity index (χ4v) is 1.97. The van der Waals surface area contributed by atoms with Gasteiger partial charge in [-0.25, -0.2) is 0 Å². The van der Waals surface area contributed by atoms with E-state index in [9.17, 15) is 4.79 Å². The lowest BCUT2D eigenvalue weighted by atomic mass is 10.3. The molecule has 108 valence electrons. The number of amides is 1. The molecule has 5 nitrogen and oxygen atoms in total. The van der Waals surface area contributed by atoms with Gasteiger partial charge in [0.25, 0.3) is 5.91 Å². The second kappa shape index (κ2) is 8.96. The molecular weight excluding hydrogens is 266 g/mol. The normalized spacial score (nSPS) is 10.7. The van der Waals surface area contributed by atoms with Crippen molar-refractivity contribution >= 4 is 17.5 Å². The fourth-order valence-electron chi connectivity index (χ4n) is 1.75. The van der Waals surface area contributed by atoms with Gasteiger partial charge in [0.2, 0.25) is 0 Å². The Kier molecular flexibility index (Phi) is 7.55. The molecule has 6 heteroatoms. The van der Waals surface area contributed by atoms with Gasteiger partial charge in [-0.3, -0.25) is 4.79 Å². The summed E-state index contributed by atoms with van der Waals surface area (Å²) in [5.41, 5.74) is 0.615.